The van der Waals surface area contributed by atoms with Gasteiger partial charge in [-0.25, -0.2) is 8.51 Å². The molecule has 0 bridgehead atoms. The minimum Gasteiger partial charge on any atom is -0.233 e. The van der Waals surface area contributed by atoms with Crippen LogP contribution in [-0.4, -0.2) is 28.1 Å². The highest BCUT2D eigenvalue weighted by atomic mass is 32.2. The van der Waals surface area contributed by atoms with Crippen molar-refractivity contribution in [2.75, 3.05) is 14.1 Å². The Labute approximate surface area is 53.2 Å². The van der Waals surface area contributed by atoms with Gasteiger partial charge in [-0.15, -0.1) is 0 Å². The first-order valence-corrected chi connectivity index (χ1v) is 3.12. The van der Waals surface area contributed by atoms with Crippen molar-refractivity contribution < 1.29 is 17.4 Å². The van der Waals surface area contributed by atoms with E-state index in [0.717, 1.165) is 14.1 Å². The van der Waals surface area contributed by atoms with Crippen molar-refractivity contribution in [1.29, 1.82) is 0 Å². The quantitative estimate of drug-likeness (QED) is 0.555. The highest BCUT2D eigenvalue weighted by molar-refractivity contribution is 7.83. The summed E-state index contributed by atoms with van der Waals surface area (Å²) < 4.78 is 44.7. The van der Waals surface area contributed by atoms with E-state index in [1.54, 1.807) is 0 Å². The molecule has 0 aromatic heterocycles. The molecule has 0 aromatic carbocycles. The summed E-state index contributed by atoms with van der Waals surface area (Å²) in [6.07, 6.45) is 0. The summed E-state index contributed by atoms with van der Waals surface area (Å²) in [5, 5.41) is 0. The van der Waals surface area contributed by atoms with Crippen LogP contribution in [0.2, 0.25) is 0 Å². The van der Waals surface area contributed by atoms with Gasteiger partial charge in [0, 0.05) is 0 Å². The Morgan fingerprint density at radius 2 is 1.67 bits per heavy atom. The molecule has 0 radical (unpaired) electrons. The van der Waals surface area contributed by atoms with E-state index >= 15 is 0 Å². The van der Waals surface area contributed by atoms with Gasteiger partial charge >= 0.3 is 5.51 Å². The van der Waals surface area contributed by atoms with Crippen LogP contribution in [0.3, 0.4) is 0 Å². The maximum Gasteiger partial charge on any atom is 0.485 e. The molecule has 0 aliphatic carbocycles. The predicted molar refractivity (Wildman–Crippen MR) is 27.9 cm³/mol. The Morgan fingerprint density at radius 1 is 1.33 bits per heavy atom. The molecular formula is C3H6F3NOS. The first-order chi connectivity index (χ1) is 3.85. The third kappa shape index (κ3) is 2.81. The first-order valence-electron chi connectivity index (χ1n) is 2.01. The van der Waals surface area contributed by atoms with E-state index in [1.807, 2.05) is 0 Å². The third-order valence-corrected chi connectivity index (χ3v) is 1.59. The lowest BCUT2D eigenvalue weighted by Gasteiger charge is -2.10. The molecule has 0 heterocycles. The van der Waals surface area contributed by atoms with Gasteiger partial charge in [0.1, 0.15) is 0 Å². The van der Waals surface area contributed by atoms with E-state index in [9.17, 15) is 17.4 Å². The minimum atomic E-state index is -4.62. The largest absolute Gasteiger partial charge is 0.485 e. The Hall–Kier alpha value is -0.100. The van der Waals surface area contributed by atoms with Crippen LogP contribution in [0.5, 0.6) is 0 Å². The van der Waals surface area contributed by atoms with Crippen molar-refractivity contribution in [2.24, 2.45) is 0 Å². The molecule has 0 spiro atoms. The summed E-state index contributed by atoms with van der Waals surface area (Å²) in [6.45, 7) is 0. The summed E-state index contributed by atoms with van der Waals surface area (Å²) in [5.41, 5.74) is -4.62. The summed E-state index contributed by atoms with van der Waals surface area (Å²) in [6, 6.07) is 0. The van der Waals surface area contributed by atoms with E-state index in [0.29, 0.717) is 4.31 Å². The lowest BCUT2D eigenvalue weighted by Crippen LogP contribution is -2.28. The van der Waals surface area contributed by atoms with Gasteiger partial charge in [0.05, 0.1) is 0 Å². The van der Waals surface area contributed by atoms with Gasteiger partial charge in [-0.05, 0) is 14.1 Å². The molecule has 0 N–H and O–H groups in total. The second-order valence-corrected chi connectivity index (χ2v) is 3.20. The fourth-order valence-corrected chi connectivity index (χ4v) is 0.621. The van der Waals surface area contributed by atoms with Crippen molar-refractivity contribution in [1.82, 2.24) is 4.31 Å². The molecule has 0 rings (SSSR count). The number of hydrogen-bond donors (Lipinski definition) is 0. The molecular weight excluding hydrogens is 155 g/mol. The number of nitrogens with zero attached hydrogens (tertiary/aromatic N) is 1. The van der Waals surface area contributed by atoms with Crippen molar-refractivity contribution in [3.8, 4) is 0 Å². The van der Waals surface area contributed by atoms with Crippen LogP contribution in [0.4, 0.5) is 13.2 Å². The molecule has 0 aliphatic heterocycles. The van der Waals surface area contributed by atoms with Gasteiger partial charge in [-0.3, -0.25) is 0 Å². The van der Waals surface area contributed by atoms with Crippen LogP contribution in [-0.2, 0) is 11.0 Å². The highest BCUT2D eigenvalue weighted by Gasteiger charge is 2.38. The Kier molecular flexibility index (Phi) is 2.63. The SMILES string of the molecule is CN(C)S(=O)C(F)(F)F. The molecule has 0 aliphatic rings. The van der Waals surface area contributed by atoms with Gasteiger partial charge in [0.25, 0.3) is 0 Å². The van der Waals surface area contributed by atoms with Gasteiger partial charge in [0.2, 0.25) is 11.0 Å². The molecule has 0 amide bonds. The van der Waals surface area contributed by atoms with Crippen LogP contribution < -0.4 is 0 Å². The van der Waals surface area contributed by atoms with Crippen LogP contribution in [0.1, 0.15) is 0 Å². The lowest BCUT2D eigenvalue weighted by atomic mass is 11.3. The van der Waals surface area contributed by atoms with Crippen molar-refractivity contribution in [3.05, 3.63) is 0 Å². The maximum atomic E-state index is 11.4. The Bertz CT molecular complexity index is 121. The first kappa shape index (κ1) is 8.90. The zero-order chi connectivity index (χ0) is 7.65. The van der Waals surface area contributed by atoms with Gasteiger partial charge < -0.3 is 0 Å². The van der Waals surface area contributed by atoms with Crippen molar-refractivity contribution in [3.63, 3.8) is 0 Å². The predicted octanol–water partition coefficient (Wildman–Crippen LogP) is 0.732. The fraction of sp³-hybridized carbons (Fsp3) is 1.00. The molecule has 2 nitrogen and oxygen atoms in total. The molecule has 56 valence electrons. The summed E-state index contributed by atoms with van der Waals surface area (Å²) in [5.74, 6) is 0. The Balaban J connectivity index is 4.06. The molecule has 1 atom stereocenters. The normalized spacial score (nSPS) is 16.2. The van der Waals surface area contributed by atoms with E-state index in [-0.39, 0.29) is 0 Å². The van der Waals surface area contributed by atoms with E-state index < -0.39 is 16.5 Å². The van der Waals surface area contributed by atoms with Crippen LogP contribution in [0.15, 0.2) is 0 Å². The number of rotatable bonds is 1. The summed E-state index contributed by atoms with van der Waals surface area (Å²) >= 11 is 0. The molecule has 6 heteroatoms. The highest BCUT2D eigenvalue weighted by Crippen LogP contribution is 2.20. The number of alkyl halides is 3. The number of hydrogen-bond acceptors (Lipinski definition) is 1. The van der Waals surface area contributed by atoms with Crippen LogP contribution >= 0.6 is 0 Å². The van der Waals surface area contributed by atoms with E-state index in [4.69, 9.17) is 0 Å². The molecule has 0 fully saturated rings. The smallest absolute Gasteiger partial charge is 0.233 e. The molecule has 0 saturated carbocycles. The van der Waals surface area contributed by atoms with Gasteiger partial charge in [0.15, 0.2) is 0 Å². The third-order valence-electron chi connectivity index (χ3n) is 0.530. The minimum absolute atomic E-state index is 0.597. The molecule has 1 unspecified atom stereocenters. The van der Waals surface area contributed by atoms with Gasteiger partial charge in [-0.2, -0.15) is 13.2 Å². The number of halogens is 3. The van der Waals surface area contributed by atoms with Crippen molar-refractivity contribution >= 4 is 11.0 Å². The second kappa shape index (κ2) is 2.66. The van der Waals surface area contributed by atoms with Gasteiger partial charge in [-0.1, -0.05) is 0 Å². The molecule has 0 saturated heterocycles. The second-order valence-electron chi connectivity index (χ2n) is 1.51. The average molecular weight is 161 g/mol. The monoisotopic (exact) mass is 161 g/mol. The molecule has 0 aromatic rings. The van der Waals surface area contributed by atoms with E-state index in [1.165, 1.54) is 0 Å². The zero-order valence-electron chi connectivity index (χ0n) is 4.90. The standard InChI is InChI=1S/C3H6F3NOS/c1-7(2)9(8)3(4,5)6/h1-2H3. The fourth-order valence-electron chi connectivity index (χ4n) is 0.207. The molecule has 9 heavy (non-hydrogen) atoms. The Morgan fingerprint density at radius 3 is 1.67 bits per heavy atom. The van der Waals surface area contributed by atoms with Crippen LogP contribution in [0.25, 0.3) is 0 Å². The van der Waals surface area contributed by atoms with E-state index in [2.05, 4.69) is 0 Å². The topological polar surface area (TPSA) is 20.3 Å². The zero-order valence-corrected chi connectivity index (χ0v) is 5.71. The summed E-state index contributed by atoms with van der Waals surface area (Å²) in [7, 11) is -0.654. The lowest BCUT2D eigenvalue weighted by molar-refractivity contribution is -0.0418. The summed E-state index contributed by atoms with van der Waals surface area (Å²) in [4.78, 5) is 0. The van der Waals surface area contributed by atoms with Crippen molar-refractivity contribution in [2.45, 2.75) is 5.51 Å². The maximum absolute atomic E-state index is 11.4. The van der Waals surface area contributed by atoms with Crippen LogP contribution in [0, 0.1) is 0 Å². The average Bonchev–Trinajstić information content (AvgIpc) is 1.62.